The Bertz CT molecular complexity index is 652. The third kappa shape index (κ3) is 4.17. The first-order chi connectivity index (χ1) is 10.3. The van der Waals surface area contributed by atoms with E-state index in [0.717, 1.165) is 38.3 Å². The van der Waals surface area contributed by atoms with Crippen molar-refractivity contribution < 1.29 is 13.3 Å². The first kappa shape index (κ1) is 16.7. The number of non-ortho nitro benzene ring substituents is 1. The fraction of sp³-hybridized carbons (Fsp3) is 0.571. The monoisotopic (exact) mass is 327 g/mol. The second-order valence-corrected chi connectivity index (χ2v) is 7.82. The van der Waals surface area contributed by atoms with Gasteiger partial charge in [0, 0.05) is 24.9 Å². The van der Waals surface area contributed by atoms with Crippen molar-refractivity contribution in [3.8, 4) is 0 Å². The first-order valence-corrected chi connectivity index (χ1v) is 9.07. The van der Waals surface area contributed by atoms with Crippen molar-refractivity contribution in [2.75, 3.05) is 38.3 Å². The van der Waals surface area contributed by atoms with Gasteiger partial charge in [0.05, 0.1) is 15.5 Å². The molecule has 0 aliphatic carbocycles. The van der Waals surface area contributed by atoms with Gasteiger partial charge in [0.2, 0.25) is 0 Å². The summed E-state index contributed by atoms with van der Waals surface area (Å²) in [5.41, 5.74) is 0.220. The van der Waals surface area contributed by atoms with Crippen LogP contribution in [-0.2, 0) is 9.84 Å². The van der Waals surface area contributed by atoms with Gasteiger partial charge in [0.15, 0.2) is 9.84 Å². The van der Waals surface area contributed by atoms with Gasteiger partial charge in [0.1, 0.15) is 0 Å². The second-order valence-electron chi connectivity index (χ2n) is 5.84. The van der Waals surface area contributed by atoms with E-state index in [9.17, 15) is 18.5 Å². The van der Waals surface area contributed by atoms with E-state index in [2.05, 4.69) is 17.3 Å². The number of nitro benzene ring substituents is 1. The van der Waals surface area contributed by atoms with Gasteiger partial charge in [-0.2, -0.15) is 0 Å². The predicted molar refractivity (Wildman–Crippen MR) is 84.9 cm³/mol. The van der Waals surface area contributed by atoms with Crippen LogP contribution in [0.25, 0.3) is 0 Å². The Balaban J connectivity index is 2.14. The topological polar surface area (TPSA) is 92.5 Å². The number of hydrogen-bond donors (Lipinski definition) is 1. The van der Waals surface area contributed by atoms with Crippen LogP contribution in [0, 0.1) is 16.0 Å². The van der Waals surface area contributed by atoms with Gasteiger partial charge in [0.25, 0.3) is 5.69 Å². The zero-order chi connectivity index (χ0) is 16.3. The molecule has 0 atom stereocenters. The third-order valence-corrected chi connectivity index (χ3v) is 5.13. The van der Waals surface area contributed by atoms with Gasteiger partial charge < -0.3 is 10.2 Å². The maximum atomic E-state index is 11.9. The summed E-state index contributed by atoms with van der Waals surface area (Å²) in [7, 11) is -1.44. The van der Waals surface area contributed by atoms with Crippen LogP contribution in [0.4, 0.5) is 11.4 Å². The predicted octanol–water partition coefficient (Wildman–Crippen LogP) is 1.75. The smallest absolute Gasteiger partial charge is 0.270 e. The van der Waals surface area contributed by atoms with Crippen molar-refractivity contribution in [2.24, 2.45) is 5.92 Å². The standard InChI is InChI=1S/C14H21N3O4S/c1-16-7-5-11(6-8-16)10-15-13-4-3-12(17(18)19)9-14(13)22(2,20)21/h3-4,9,11,15H,5-8,10H2,1-2H3. The minimum atomic E-state index is -3.53. The zero-order valence-corrected chi connectivity index (χ0v) is 13.6. The number of hydrogen-bond acceptors (Lipinski definition) is 6. The van der Waals surface area contributed by atoms with Crippen molar-refractivity contribution >= 4 is 21.2 Å². The highest BCUT2D eigenvalue weighted by Gasteiger charge is 2.20. The number of likely N-dealkylation sites (tertiary alicyclic amines) is 1. The molecule has 8 heteroatoms. The molecular formula is C14H21N3O4S. The van der Waals surface area contributed by atoms with Crippen molar-refractivity contribution in [1.82, 2.24) is 4.90 Å². The lowest BCUT2D eigenvalue weighted by Crippen LogP contribution is -2.33. The summed E-state index contributed by atoms with van der Waals surface area (Å²) in [5.74, 6) is 0.485. The van der Waals surface area contributed by atoms with E-state index in [1.165, 1.54) is 12.1 Å². The van der Waals surface area contributed by atoms with Crippen LogP contribution in [-0.4, -0.2) is 51.2 Å². The Morgan fingerprint density at radius 1 is 1.36 bits per heavy atom. The number of rotatable bonds is 5. The normalized spacial score (nSPS) is 17.4. The molecule has 2 rings (SSSR count). The molecule has 0 bridgehead atoms. The van der Waals surface area contributed by atoms with Crippen LogP contribution in [0.3, 0.4) is 0 Å². The Hall–Kier alpha value is -1.67. The molecule has 22 heavy (non-hydrogen) atoms. The van der Waals surface area contributed by atoms with E-state index in [1.54, 1.807) is 0 Å². The Morgan fingerprint density at radius 3 is 2.55 bits per heavy atom. The largest absolute Gasteiger partial charge is 0.384 e. The second kappa shape index (κ2) is 6.62. The molecule has 1 fully saturated rings. The van der Waals surface area contributed by atoms with E-state index in [0.29, 0.717) is 18.2 Å². The highest BCUT2D eigenvalue weighted by molar-refractivity contribution is 7.90. The molecule has 1 aromatic rings. The molecule has 0 aromatic heterocycles. The maximum absolute atomic E-state index is 11.9. The molecule has 0 amide bonds. The van der Waals surface area contributed by atoms with Crippen LogP contribution in [0.1, 0.15) is 12.8 Å². The minimum absolute atomic E-state index is 0.0189. The average molecular weight is 327 g/mol. The summed E-state index contributed by atoms with van der Waals surface area (Å²) in [6.07, 6.45) is 3.18. The van der Waals surface area contributed by atoms with Crippen molar-refractivity contribution in [1.29, 1.82) is 0 Å². The lowest BCUT2D eigenvalue weighted by Gasteiger charge is -2.29. The average Bonchev–Trinajstić information content (AvgIpc) is 2.45. The van der Waals surface area contributed by atoms with Crippen molar-refractivity contribution in [3.63, 3.8) is 0 Å². The molecule has 1 N–H and O–H groups in total. The van der Waals surface area contributed by atoms with Crippen LogP contribution >= 0.6 is 0 Å². The van der Waals surface area contributed by atoms with E-state index in [4.69, 9.17) is 0 Å². The van der Waals surface area contributed by atoms with Crippen molar-refractivity contribution in [3.05, 3.63) is 28.3 Å². The number of anilines is 1. The number of benzene rings is 1. The number of nitrogens with one attached hydrogen (secondary N) is 1. The van der Waals surface area contributed by atoms with Gasteiger partial charge in [-0.3, -0.25) is 10.1 Å². The Kier molecular flexibility index (Phi) is 5.02. The molecule has 0 unspecified atom stereocenters. The van der Waals surface area contributed by atoms with E-state index in [-0.39, 0.29) is 10.6 Å². The molecule has 1 heterocycles. The minimum Gasteiger partial charge on any atom is -0.384 e. The number of nitro groups is 1. The number of sulfone groups is 1. The maximum Gasteiger partial charge on any atom is 0.270 e. The van der Waals surface area contributed by atoms with Gasteiger partial charge in [-0.25, -0.2) is 8.42 Å². The molecule has 0 radical (unpaired) electrons. The van der Waals surface area contributed by atoms with Crippen LogP contribution in [0.5, 0.6) is 0 Å². The molecule has 1 aromatic carbocycles. The lowest BCUT2D eigenvalue weighted by molar-refractivity contribution is -0.385. The van der Waals surface area contributed by atoms with Crippen LogP contribution < -0.4 is 5.32 Å². The summed E-state index contributed by atoms with van der Waals surface area (Å²) in [5, 5.41) is 14.0. The number of piperidine rings is 1. The fourth-order valence-corrected chi connectivity index (χ4v) is 3.47. The van der Waals surface area contributed by atoms with E-state index >= 15 is 0 Å². The SMILES string of the molecule is CN1CCC(CNc2ccc([N+](=O)[O-])cc2S(C)(=O)=O)CC1. The summed E-state index contributed by atoms with van der Waals surface area (Å²) in [6, 6.07) is 3.92. The molecule has 122 valence electrons. The molecule has 1 aliphatic rings. The molecule has 7 nitrogen and oxygen atoms in total. The van der Waals surface area contributed by atoms with Crippen molar-refractivity contribution in [2.45, 2.75) is 17.7 Å². The zero-order valence-electron chi connectivity index (χ0n) is 12.8. The van der Waals surface area contributed by atoms with Crippen LogP contribution in [0.2, 0.25) is 0 Å². The highest BCUT2D eigenvalue weighted by Crippen LogP contribution is 2.27. The highest BCUT2D eigenvalue weighted by atomic mass is 32.2. The quantitative estimate of drug-likeness (QED) is 0.654. The fourth-order valence-electron chi connectivity index (χ4n) is 2.60. The van der Waals surface area contributed by atoms with Crippen LogP contribution in [0.15, 0.2) is 23.1 Å². The van der Waals surface area contributed by atoms with Gasteiger partial charge in [-0.15, -0.1) is 0 Å². The van der Waals surface area contributed by atoms with Gasteiger partial charge in [-0.05, 0) is 45.0 Å². The summed E-state index contributed by atoms with van der Waals surface area (Å²) in [6.45, 7) is 2.74. The van der Waals surface area contributed by atoms with E-state index < -0.39 is 14.8 Å². The Morgan fingerprint density at radius 2 is 2.00 bits per heavy atom. The summed E-state index contributed by atoms with van der Waals surface area (Å²) in [4.78, 5) is 12.5. The molecular weight excluding hydrogens is 306 g/mol. The summed E-state index contributed by atoms with van der Waals surface area (Å²) < 4.78 is 23.7. The lowest BCUT2D eigenvalue weighted by atomic mass is 9.97. The molecule has 1 aliphatic heterocycles. The van der Waals surface area contributed by atoms with Gasteiger partial charge in [-0.1, -0.05) is 0 Å². The molecule has 1 saturated heterocycles. The number of nitrogens with zero attached hydrogens (tertiary/aromatic N) is 2. The van der Waals surface area contributed by atoms with E-state index in [1.807, 2.05) is 0 Å². The van der Waals surface area contributed by atoms with Gasteiger partial charge >= 0.3 is 0 Å². The first-order valence-electron chi connectivity index (χ1n) is 7.18. The molecule has 0 spiro atoms. The Labute approximate surface area is 130 Å². The molecule has 0 saturated carbocycles. The third-order valence-electron chi connectivity index (χ3n) is 3.99. The summed E-state index contributed by atoms with van der Waals surface area (Å²) >= 11 is 0.